The van der Waals surface area contributed by atoms with Crippen molar-refractivity contribution in [3.63, 3.8) is 0 Å². The van der Waals surface area contributed by atoms with Gasteiger partial charge in [0.25, 0.3) is 0 Å². The second kappa shape index (κ2) is 8.20. The molecule has 1 heterocycles. The Morgan fingerprint density at radius 2 is 2.18 bits per heavy atom. The van der Waals surface area contributed by atoms with Crippen molar-refractivity contribution in [2.24, 2.45) is 0 Å². The van der Waals surface area contributed by atoms with Gasteiger partial charge in [-0.3, -0.25) is 0 Å². The smallest absolute Gasteiger partial charge is 0.169 e. The minimum absolute atomic E-state index is 0.117. The molecule has 1 N–H and O–H groups in total. The number of nitrogens with one attached hydrogen (secondary N) is 1. The second-order valence-corrected chi connectivity index (χ2v) is 6.79. The van der Waals surface area contributed by atoms with Crippen molar-refractivity contribution in [1.82, 2.24) is 15.1 Å². The molecule has 0 spiro atoms. The van der Waals surface area contributed by atoms with Gasteiger partial charge in [0, 0.05) is 32.1 Å². The molecule has 1 fully saturated rings. The van der Waals surface area contributed by atoms with Crippen LogP contribution in [0.1, 0.15) is 6.42 Å². The lowest BCUT2D eigenvalue weighted by molar-refractivity contribution is 0.214. The lowest BCUT2D eigenvalue weighted by Crippen LogP contribution is -2.41. The molecule has 1 unspecified atom stereocenters. The van der Waals surface area contributed by atoms with Crippen LogP contribution >= 0.6 is 35.4 Å². The second-order valence-electron chi connectivity index (χ2n) is 5.59. The topological polar surface area (TPSA) is 27.7 Å². The summed E-state index contributed by atoms with van der Waals surface area (Å²) >= 11 is 17.3. The first-order valence-corrected chi connectivity index (χ1v) is 8.41. The molecule has 4 nitrogen and oxygen atoms in total. The van der Waals surface area contributed by atoms with E-state index in [0.717, 1.165) is 43.5 Å². The summed E-state index contributed by atoms with van der Waals surface area (Å²) in [7, 11) is 4.09. The molecule has 22 heavy (non-hydrogen) atoms. The number of hydrogen-bond donors (Lipinski definition) is 1. The maximum atomic E-state index is 6.00. The molecule has 1 aromatic carbocycles. The van der Waals surface area contributed by atoms with Crippen molar-refractivity contribution in [3.05, 3.63) is 28.2 Å². The first-order valence-electron chi connectivity index (χ1n) is 7.25. The van der Waals surface area contributed by atoms with Crippen molar-refractivity contribution >= 4 is 40.5 Å². The monoisotopic (exact) mass is 361 g/mol. The summed E-state index contributed by atoms with van der Waals surface area (Å²) < 4.78 is 5.95. The molecular formula is C15H21Cl2N3OS. The van der Waals surface area contributed by atoms with Crippen LogP contribution in [0, 0.1) is 0 Å². The zero-order chi connectivity index (χ0) is 16.1. The summed E-state index contributed by atoms with van der Waals surface area (Å²) in [6.45, 7) is 3.49. The third kappa shape index (κ3) is 5.16. The van der Waals surface area contributed by atoms with Gasteiger partial charge in [0.1, 0.15) is 11.9 Å². The highest BCUT2D eigenvalue weighted by molar-refractivity contribution is 7.80. The van der Waals surface area contributed by atoms with Crippen LogP contribution in [0.3, 0.4) is 0 Å². The summed E-state index contributed by atoms with van der Waals surface area (Å²) in [5, 5.41) is 5.12. The van der Waals surface area contributed by atoms with E-state index in [1.165, 1.54) is 0 Å². The molecule has 1 saturated heterocycles. The first kappa shape index (κ1) is 17.6. The molecule has 7 heteroatoms. The van der Waals surface area contributed by atoms with E-state index in [9.17, 15) is 0 Å². The minimum atomic E-state index is 0.117. The molecule has 1 atom stereocenters. The van der Waals surface area contributed by atoms with E-state index in [2.05, 4.69) is 15.1 Å². The highest BCUT2D eigenvalue weighted by atomic mass is 35.5. The third-order valence-electron chi connectivity index (χ3n) is 3.46. The fourth-order valence-electron chi connectivity index (χ4n) is 2.25. The Morgan fingerprint density at radius 1 is 1.41 bits per heavy atom. The van der Waals surface area contributed by atoms with Crippen molar-refractivity contribution in [1.29, 1.82) is 0 Å². The van der Waals surface area contributed by atoms with Gasteiger partial charge in [-0.15, -0.1) is 0 Å². The Morgan fingerprint density at radius 3 is 2.86 bits per heavy atom. The van der Waals surface area contributed by atoms with Crippen LogP contribution in [0.25, 0.3) is 0 Å². The van der Waals surface area contributed by atoms with Crippen LogP contribution in [0.4, 0.5) is 0 Å². The maximum absolute atomic E-state index is 6.00. The average molecular weight is 362 g/mol. The summed E-state index contributed by atoms with van der Waals surface area (Å²) in [4.78, 5) is 4.27. The number of rotatable bonds is 5. The van der Waals surface area contributed by atoms with Gasteiger partial charge in [0.15, 0.2) is 5.11 Å². The predicted octanol–water partition coefficient (Wildman–Crippen LogP) is 2.88. The van der Waals surface area contributed by atoms with Crippen LogP contribution in [0.5, 0.6) is 5.75 Å². The van der Waals surface area contributed by atoms with E-state index in [1.807, 2.05) is 20.2 Å². The molecule has 0 saturated carbocycles. The minimum Gasteiger partial charge on any atom is -0.488 e. The molecule has 1 aliphatic rings. The van der Waals surface area contributed by atoms with Gasteiger partial charge in [0.05, 0.1) is 16.6 Å². The van der Waals surface area contributed by atoms with E-state index in [-0.39, 0.29) is 6.10 Å². The van der Waals surface area contributed by atoms with Gasteiger partial charge in [-0.1, -0.05) is 23.2 Å². The number of likely N-dealkylation sites (N-methyl/N-ethyl adjacent to an activating group) is 1. The van der Waals surface area contributed by atoms with Crippen LogP contribution in [-0.2, 0) is 0 Å². The molecule has 0 radical (unpaired) electrons. The summed E-state index contributed by atoms with van der Waals surface area (Å²) in [6, 6.07) is 5.34. The standard InChI is InChI=1S/C15H21Cl2N3OS/c1-19(2)8-6-18-15(22)20-7-5-12(10-20)21-11-3-4-13(16)14(17)9-11/h3-4,9,12H,5-8,10H2,1-2H3,(H,18,22). The van der Waals surface area contributed by atoms with Crippen LogP contribution in [-0.4, -0.2) is 61.3 Å². The van der Waals surface area contributed by atoms with Gasteiger partial charge in [-0.2, -0.15) is 0 Å². The highest BCUT2D eigenvalue weighted by Crippen LogP contribution is 2.28. The molecule has 0 bridgehead atoms. The molecule has 2 rings (SSSR count). The number of ether oxygens (including phenoxy) is 1. The maximum Gasteiger partial charge on any atom is 0.169 e. The SMILES string of the molecule is CN(C)CCNC(=S)N1CCC(Oc2ccc(Cl)c(Cl)c2)C1. The number of thiocarbonyl (C=S) groups is 1. The Hall–Kier alpha value is -0.750. The zero-order valence-electron chi connectivity index (χ0n) is 12.8. The molecule has 0 aliphatic carbocycles. The van der Waals surface area contributed by atoms with E-state index in [4.69, 9.17) is 40.2 Å². The van der Waals surface area contributed by atoms with Crippen LogP contribution in [0.15, 0.2) is 18.2 Å². The first-order chi connectivity index (χ1) is 10.5. The highest BCUT2D eigenvalue weighted by Gasteiger charge is 2.25. The Balaban J connectivity index is 1.79. The molecular weight excluding hydrogens is 341 g/mol. The Labute approximate surface area is 147 Å². The summed E-state index contributed by atoms with van der Waals surface area (Å²) in [6.07, 6.45) is 1.06. The fourth-order valence-corrected chi connectivity index (χ4v) is 2.81. The largest absolute Gasteiger partial charge is 0.488 e. The fraction of sp³-hybridized carbons (Fsp3) is 0.533. The number of hydrogen-bond acceptors (Lipinski definition) is 3. The molecule has 0 amide bonds. The number of halogens is 2. The quantitative estimate of drug-likeness (QED) is 0.814. The Kier molecular flexibility index (Phi) is 6.56. The van der Waals surface area contributed by atoms with Gasteiger partial charge in [-0.05, 0) is 38.4 Å². The van der Waals surface area contributed by atoms with E-state index >= 15 is 0 Å². The van der Waals surface area contributed by atoms with Crippen molar-refractivity contribution < 1.29 is 4.74 Å². The lowest BCUT2D eigenvalue weighted by atomic mass is 10.3. The number of likely N-dealkylation sites (tertiary alicyclic amines) is 1. The average Bonchev–Trinajstić information content (AvgIpc) is 2.91. The Bertz CT molecular complexity index is 528. The van der Waals surface area contributed by atoms with Gasteiger partial charge in [-0.25, -0.2) is 0 Å². The van der Waals surface area contributed by atoms with Crippen molar-refractivity contribution in [2.45, 2.75) is 12.5 Å². The van der Waals surface area contributed by atoms with Crippen LogP contribution < -0.4 is 10.1 Å². The normalized spacial score (nSPS) is 17.9. The van der Waals surface area contributed by atoms with E-state index in [1.54, 1.807) is 12.1 Å². The lowest BCUT2D eigenvalue weighted by Gasteiger charge is -2.21. The number of nitrogens with zero attached hydrogens (tertiary/aromatic N) is 2. The molecule has 1 aliphatic heterocycles. The summed E-state index contributed by atoms with van der Waals surface area (Å²) in [5.74, 6) is 0.743. The molecule has 0 aromatic heterocycles. The zero-order valence-corrected chi connectivity index (χ0v) is 15.1. The van der Waals surface area contributed by atoms with Gasteiger partial charge in [0.2, 0.25) is 0 Å². The van der Waals surface area contributed by atoms with Gasteiger partial charge < -0.3 is 19.9 Å². The van der Waals surface area contributed by atoms with Crippen LogP contribution in [0.2, 0.25) is 10.0 Å². The van der Waals surface area contributed by atoms with Gasteiger partial charge >= 0.3 is 0 Å². The van der Waals surface area contributed by atoms with E-state index < -0.39 is 0 Å². The predicted molar refractivity (Wildman–Crippen MR) is 96.2 cm³/mol. The summed E-state index contributed by atoms with van der Waals surface area (Å²) in [5.41, 5.74) is 0. The van der Waals surface area contributed by atoms with E-state index in [0.29, 0.717) is 10.0 Å². The number of benzene rings is 1. The molecule has 122 valence electrons. The van der Waals surface area contributed by atoms with Crippen molar-refractivity contribution in [3.8, 4) is 5.75 Å². The third-order valence-corrected chi connectivity index (χ3v) is 4.60. The van der Waals surface area contributed by atoms with Crippen molar-refractivity contribution in [2.75, 3.05) is 40.3 Å². The molecule has 1 aromatic rings.